The highest BCUT2D eigenvalue weighted by Crippen LogP contribution is 2.00. The lowest BCUT2D eigenvalue weighted by molar-refractivity contribution is -0.112. The van der Waals surface area contributed by atoms with Gasteiger partial charge in [0.1, 0.15) is 5.76 Å². The van der Waals surface area contributed by atoms with Crippen LogP contribution in [0.4, 0.5) is 0 Å². The summed E-state index contributed by atoms with van der Waals surface area (Å²) in [5.74, 6) is 0.903. The number of furan rings is 1. The van der Waals surface area contributed by atoms with Gasteiger partial charge in [-0.2, -0.15) is 0 Å². The molecule has 0 unspecified atom stereocenters. The molecule has 0 aliphatic rings. The standard InChI is InChI=1S/C10H13NO2/c1-8(6-9(2)12)11-7-10-4-3-5-13-10/h3-6,11H,7H2,1-2H3/b8-6-. The molecule has 0 aromatic carbocycles. The van der Waals surface area contributed by atoms with E-state index in [1.54, 1.807) is 12.3 Å². The summed E-state index contributed by atoms with van der Waals surface area (Å²) in [5.41, 5.74) is 0.851. The van der Waals surface area contributed by atoms with Gasteiger partial charge in [0.05, 0.1) is 12.8 Å². The lowest BCUT2D eigenvalue weighted by Gasteiger charge is -2.02. The third-order valence-corrected chi connectivity index (χ3v) is 1.54. The van der Waals surface area contributed by atoms with Gasteiger partial charge >= 0.3 is 0 Å². The molecule has 0 saturated carbocycles. The molecule has 1 aromatic heterocycles. The minimum Gasteiger partial charge on any atom is -0.467 e. The quantitative estimate of drug-likeness (QED) is 0.717. The average molecular weight is 179 g/mol. The van der Waals surface area contributed by atoms with Gasteiger partial charge in [0, 0.05) is 5.70 Å². The second kappa shape index (κ2) is 4.50. The van der Waals surface area contributed by atoms with Gasteiger partial charge in [0.15, 0.2) is 5.78 Å². The Morgan fingerprint density at radius 1 is 1.62 bits per heavy atom. The Balaban J connectivity index is 2.39. The van der Waals surface area contributed by atoms with Crippen molar-refractivity contribution in [3.05, 3.63) is 35.9 Å². The van der Waals surface area contributed by atoms with Gasteiger partial charge in [0.25, 0.3) is 0 Å². The molecule has 0 aliphatic heterocycles. The molecular formula is C10H13NO2. The molecule has 3 nitrogen and oxygen atoms in total. The molecule has 1 heterocycles. The van der Waals surface area contributed by atoms with Gasteiger partial charge in [-0.1, -0.05) is 0 Å². The third-order valence-electron chi connectivity index (χ3n) is 1.54. The van der Waals surface area contributed by atoms with Crippen LogP contribution in [0.1, 0.15) is 19.6 Å². The van der Waals surface area contributed by atoms with Crippen LogP contribution in [0.3, 0.4) is 0 Å². The molecule has 3 heteroatoms. The number of nitrogens with one attached hydrogen (secondary N) is 1. The van der Waals surface area contributed by atoms with Gasteiger partial charge in [-0.25, -0.2) is 0 Å². The van der Waals surface area contributed by atoms with Crippen LogP contribution in [-0.4, -0.2) is 5.78 Å². The summed E-state index contributed by atoms with van der Waals surface area (Å²) in [6.45, 7) is 3.99. The Bertz CT molecular complexity index is 299. The summed E-state index contributed by atoms with van der Waals surface area (Å²) in [5, 5.41) is 3.06. The smallest absolute Gasteiger partial charge is 0.154 e. The largest absolute Gasteiger partial charge is 0.467 e. The fourth-order valence-corrected chi connectivity index (χ4v) is 0.996. The first-order chi connectivity index (χ1) is 6.18. The van der Waals surface area contributed by atoms with Gasteiger partial charge in [0.2, 0.25) is 0 Å². The van der Waals surface area contributed by atoms with Crippen LogP contribution in [0.2, 0.25) is 0 Å². The van der Waals surface area contributed by atoms with E-state index >= 15 is 0 Å². The lowest BCUT2D eigenvalue weighted by Crippen LogP contribution is -2.10. The maximum Gasteiger partial charge on any atom is 0.154 e. The van der Waals surface area contributed by atoms with Gasteiger partial charge < -0.3 is 9.73 Å². The zero-order valence-electron chi connectivity index (χ0n) is 7.83. The molecule has 1 aromatic rings. The predicted octanol–water partition coefficient (Wildman–Crippen LogP) is 1.86. The van der Waals surface area contributed by atoms with E-state index in [1.165, 1.54) is 6.92 Å². The molecule has 0 spiro atoms. The predicted molar refractivity (Wildman–Crippen MR) is 50.0 cm³/mol. The summed E-state index contributed by atoms with van der Waals surface area (Å²) in [6, 6.07) is 3.72. The number of carbonyl (C=O) groups is 1. The molecule has 1 rings (SSSR count). The highest BCUT2D eigenvalue weighted by molar-refractivity contribution is 5.87. The maximum atomic E-state index is 10.7. The van der Waals surface area contributed by atoms with E-state index in [2.05, 4.69) is 5.32 Å². The Morgan fingerprint density at radius 3 is 2.92 bits per heavy atom. The molecule has 0 amide bonds. The van der Waals surface area contributed by atoms with Gasteiger partial charge in [-0.15, -0.1) is 0 Å². The molecule has 0 atom stereocenters. The minimum atomic E-state index is 0.0458. The van der Waals surface area contributed by atoms with Crippen LogP contribution >= 0.6 is 0 Å². The van der Waals surface area contributed by atoms with Crippen LogP contribution in [0, 0.1) is 0 Å². The summed E-state index contributed by atoms with van der Waals surface area (Å²) in [4.78, 5) is 10.7. The molecular weight excluding hydrogens is 166 g/mol. The van der Waals surface area contributed by atoms with Crippen molar-refractivity contribution in [3.8, 4) is 0 Å². The first-order valence-electron chi connectivity index (χ1n) is 4.13. The van der Waals surface area contributed by atoms with Crippen LogP contribution < -0.4 is 5.32 Å². The van der Waals surface area contributed by atoms with E-state index in [4.69, 9.17) is 4.42 Å². The van der Waals surface area contributed by atoms with E-state index in [-0.39, 0.29) is 5.78 Å². The van der Waals surface area contributed by atoms with Crippen LogP contribution in [0.5, 0.6) is 0 Å². The van der Waals surface area contributed by atoms with Gasteiger partial charge in [-0.05, 0) is 32.1 Å². The second-order valence-corrected chi connectivity index (χ2v) is 2.87. The maximum absolute atomic E-state index is 10.7. The minimum absolute atomic E-state index is 0.0458. The van der Waals surface area contributed by atoms with E-state index in [9.17, 15) is 4.79 Å². The molecule has 1 N–H and O–H groups in total. The Labute approximate surface area is 77.4 Å². The van der Waals surface area contributed by atoms with Crippen molar-refractivity contribution in [2.45, 2.75) is 20.4 Å². The molecule has 70 valence electrons. The SMILES string of the molecule is CC(=O)/C=C(/C)NCc1ccco1. The highest BCUT2D eigenvalue weighted by atomic mass is 16.3. The fraction of sp³-hybridized carbons (Fsp3) is 0.300. The summed E-state index contributed by atoms with van der Waals surface area (Å²) in [6.07, 6.45) is 3.18. The van der Waals surface area contributed by atoms with Crippen LogP contribution in [0.15, 0.2) is 34.6 Å². The molecule has 0 radical (unpaired) electrons. The normalized spacial score (nSPS) is 11.4. The van der Waals surface area contributed by atoms with Crippen molar-refractivity contribution in [3.63, 3.8) is 0 Å². The summed E-state index contributed by atoms with van der Waals surface area (Å²) < 4.78 is 5.11. The lowest BCUT2D eigenvalue weighted by atomic mass is 10.3. The zero-order valence-corrected chi connectivity index (χ0v) is 7.83. The number of carbonyl (C=O) groups excluding carboxylic acids is 1. The van der Waals surface area contributed by atoms with Crippen molar-refractivity contribution in [1.82, 2.24) is 5.32 Å². The van der Waals surface area contributed by atoms with E-state index < -0.39 is 0 Å². The van der Waals surface area contributed by atoms with E-state index in [0.717, 1.165) is 11.5 Å². The van der Waals surface area contributed by atoms with Crippen molar-refractivity contribution in [2.24, 2.45) is 0 Å². The molecule has 0 saturated heterocycles. The zero-order chi connectivity index (χ0) is 9.68. The second-order valence-electron chi connectivity index (χ2n) is 2.87. The first-order valence-corrected chi connectivity index (χ1v) is 4.13. The van der Waals surface area contributed by atoms with Gasteiger partial charge in [-0.3, -0.25) is 4.79 Å². The van der Waals surface area contributed by atoms with E-state index in [0.29, 0.717) is 6.54 Å². The van der Waals surface area contributed by atoms with Crippen molar-refractivity contribution in [1.29, 1.82) is 0 Å². The number of allylic oxidation sites excluding steroid dienone is 2. The topological polar surface area (TPSA) is 42.2 Å². The van der Waals surface area contributed by atoms with E-state index in [1.807, 2.05) is 19.1 Å². The first kappa shape index (κ1) is 9.58. The van der Waals surface area contributed by atoms with Crippen molar-refractivity contribution in [2.75, 3.05) is 0 Å². The molecule has 0 bridgehead atoms. The van der Waals surface area contributed by atoms with Crippen LogP contribution in [0.25, 0.3) is 0 Å². The third kappa shape index (κ3) is 3.60. The van der Waals surface area contributed by atoms with Crippen molar-refractivity contribution < 1.29 is 9.21 Å². The summed E-state index contributed by atoms with van der Waals surface area (Å²) in [7, 11) is 0. The fourth-order valence-electron chi connectivity index (χ4n) is 0.996. The molecule has 13 heavy (non-hydrogen) atoms. The number of hydrogen-bond acceptors (Lipinski definition) is 3. The molecule has 0 aliphatic carbocycles. The number of hydrogen-bond donors (Lipinski definition) is 1. The number of ketones is 1. The monoisotopic (exact) mass is 179 g/mol. The highest BCUT2D eigenvalue weighted by Gasteiger charge is 1.95. The number of rotatable bonds is 4. The van der Waals surface area contributed by atoms with Crippen LogP contribution in [-0.2, 0) is 11.3 Å². The molecule has 0 fully saturated rings. The van der Waals surface area contributed by atoms with Crippen molar-refractivity contribution >= 4 is 5.78 Å². The Morgan fingerprint density at radius 2 is 2.38 bits per heavy atom. The summed E-state index contributed by atoms with van der Waals surface area (Å²) >= 11 is 0. The average Bonchev–Trinajstić information content (AvgIpc) is 2.51. The Kier molecular flexibility index (Phi) is 3.31. The Hall–Kier alpha value is -1.51.